The van der Waals surface area contributed by atoms with Gasteiger partial charge in [0.15, 0.2) is 5.96 Å². The predicted molar refractivity (Wildman–Crippen MR) is 105 cm³/mol. The quantitative estimate of drug-likeness (QED) is 0.322. The van der Waals surface area contributed by atoms with Gasteiger partial charge in [0.25, 0.3) is 0 Å². The molecule has 2 aromatic rings. The van der Waals surface area contributed by atoms with Crippen molar-refractivity contribution in [2.75, 3.05) is 31.5 Å². The van der Waals surface area contributed by atoms with Crippen LogP contribution in [-0.4, -0.2) is 51.9 Å². The monoisotopic (exact) mass is 358 g/mol. The summed E-state index contributed by atoms with van der Waals surface area (Å²) in [6.45, 7) is 8.33. The SMILES string of the molecule is CCNC(=NCCCCNc1ccccn1)NCCn1cnnc1CC. The molecule has 26 heavy (non-hydrogen) atoms. The Bertz CT molecular complexity index is 638. The Hall–Kier alpha value is -2.64. The van der Waals surface area contributed by atoms with Crippen LogP contribution in [0.1, 0.15) is 32.5 Å². The third-order valence-corrected chi connectivity index (χ3v) is 3.83. The maximum atomic E-state index is 4.63. The lowest BCUT2D eigenvalue weighted by Crippen LogP contribution is -2.39. The van der Waals surface area contributed by atoms with Crippen molar-refractivity contribution < 1.29 is 0 Å². The van der Waals surface area contributed by atoms with Crippen LogP contribution < -0.4 is 16.0 Å². The molecule has 0 aliphatic rings. The van der Waals surface area contributed by atoms with Crippen molar-refractivity contribution in [3.63, 3.8) is 0 Å². The standard InChI is InChI=1S/C18H30N8/c1-3-17-25-24-15-26(17)14-13-23-18(19-4-2)22-12-8-7-11-21-16-9-5-6-10-20-16/h5-6,9-10,15H,3-4,7-8,11-14H2,1-2H3,(H,20,21)(H2,19,22,23). The van der Waals surface area contributed by atoms with Gasteiger partial charge in [0.05, 0.1) is 0 Å². The Morgan fingerprint density at radius 3 is 2.85 bits per heavy atom. The second-order valence-electron chi connectivity index (χ2n) is 5.83. The Kier molecular flexibility index (Phi) is 8.96. The Morgan fingerprint density at radius 2 is 2.08 bits per heavy atom. The third-order valence-electron chi connectivity index (χ3n) is 3.83. The molecule has 0 aliphatic heterocycles. The highest BCUT2D eigenvalue weighted by molar-refractivity contribution is 5.79. The van der Waals surface area contributed by atoms with Crippen molar-refractivity contribution >= 4 is 11.8 Å². The lowest BCUT2D eigenvalue weighted by Gasteiger charge is -2.12. The highest BCUT2D eigenvalue weighted by Crippen LogP contribution is 2.00. The number of aliphatic imine (C=N–C) groups is 1. The van der Waals surface area contributed by atoms with E-state index in [-0.39, 0.29) is 0 Å². The van der Waals surface area contributed by atoms with E-state index in [9.17, 15) is 0 Å². The first kappa shape index (κ1) is 19.7. The molecule has 0 saturated carbocycles. The number of nitrogens with one attached hydrogen (secondary N) is 3. The number of pyridine rings is 1. The number of unbranched alkanes of at least 4 members (excludes halogenated alkanes) is 1. The van der Waals surface area contributed by atoms with Gasteiger partial charge in [-0.2, -0.15) is 0 Å². The van der Waals surface area contributed by atoms with Crippen LogP contribution in [0.3, 0.4) is 0 Å². The lowest BCUT2D eigenvalue weighted by molar-refractivity contribution is 0.632. The Morgan fingerprint density at radius 1 is 1.15 bits per heavy atom. The number of nitrogens with zero attached hydrogens (tertiary/aromatic N) is 5. The average molecular weight is 358 g/mol. The fraction of sp³-hybridized carbons (Fsp3) is 0.556. The molecule has 142 valence electrons. The summed E-state index contributed by atoms with van der Waals surface area (Å²) in [7, 11) is 0. The zero-order chi connectivity index (χ0) is 18.5. The highest BCUT2D eigenvalue weighted by atomic mass is 15.3. The van der Waals surface area contributed by atoms with E-state index in [4.69, 9.17) is 0 Å². The molecular formula is C18H30N8. The van der Waals surface area contributed by atoms with E-state index in [1.165, 1.54) is 0 Å². The summed E-state index contributed by atoms with van der Waals surface area (Å²) in [4.78, 5) is 8.88. The zero-order valence-electron chi connectivity index (χ0n) is 15.8. The molecule has 0 radical (unpaired) electrons. The van der Waals surface area contributed by atoms with Gasteiger partial charge >= 0.3 is 0 Å². The number of hydrogen-bond acceptors (Lipinski definition) is 5. The van der Waals surface area contributed by atoms with Crippen LogP contribution in [0.15, 0.2) is 35.7 Å². The van der Waals surface area contributed by atoms with Gasteiger partial charge in [0.2, 0.25) is 0 Å². The number of hydrogen-bond donors (Lipinski definition) is 3. The van der Waals surface area contributed by atoms with E-state index in [0.717, 1.165) is 69.6 Å². The summed E-state index contributed by atoms with van der Waals surface area (Å²) >= 11 is 0. The van der Waals surface area contributed by atoms with Crippen molar-refractivity contribution in [2.24, 2.45) is 4.99 Å². The molecule has 0 atom stereocenters. The second-order valence-corrected chi connectivity index (χ2v) is 5.83. The largest absolute Gasteiger partial charge is 0.370 e. The molecule has 2 heterocycles. The molecule has 0 aliphatic carbocycles. The van der Waals surface area contributed by atoms with E-state index in [1.54, 1.807) is 12.5 Å². The van der Waals surface area contributed by atoms with Gasteiger partial charge in [0, 0.05) is 45.3 Å². The molecule has 3 N–H and O–H groups in total. The topological polar surface area (TPSA) is 92.1 Å². The molecule has 0 bridgehead atoms. The Balaban J connectivity index is 1.64. The summed E-state index contributed by atoms with van der Waals surface area (Å²) in [5.74, 6) is 2.79. The van der Waals surface area contributed by atoms with Gasteiger partial charge in [-0.25, -0.2) is 4.98 Å². The van der Waals surface area contributed by atoms with E-state index in [2.05, 4.69) is 54.5 Å². The molecular weight excluding hydrogens is 328 g/mol. The fourth-order valence-corrected chi connectivity index (χ4v) is 2.49. The van der Waals surface area contributed by atoms with Gasteiger partial charge in [0.1, 0.15) is 18.0 Å². The van der Waals surface area contributed by atoms with Gasteiger partial charge in [-0.3, -0.25) is 4.99 Å². The van der Waals surface area contributed by atoms with Crippen molar-refractivity contribution in [1.82, 2.24) is 30.4 Å². The van der Waals surface area contributed by atoms with Crippen molar-refractivity contribution in [2.45, 2.75) is 39.7 Å². The van der Waals surface area contributed by atoms with Crippen LogP contribution in [0.4, 0.5) is 5.82 Å². The van der Waals surface area contributed by atoms with Crippen LogP contribution in [0.5, 0.6) is 0 Å². The average Bonchev–Trinajstić information content (AvgIpc) is 3.13. The zero-order valence-corrected chi connectivity index (χ0v) is 15.8. The summed E-state index contributed by atoms with van der Waals surface area (Å²) in [5, 5.41) is 18.0. The van der Waals surface area contributed by atoms with Crippen molar-refractivity contribution in [3.05, 3.63) is 36.5 Å². The first-order valence-corrected chi connectivity index (χ1v) is 9.37. The molecule has 0 spiro atoms. The van der Waals surface area contributed by atoms with Crippen molar-refractivity contribution in [1.29, 1.82) is 0 Å². The minimum absolute atomic E-state index is 0.790. The maximum Gasteiger partial charge on any atom is 0.191 e. The normalized spacial score (nSPS) is 11.4. The molecule has 2 aromatic heterocycles. The summed E-state index contributed by atoms with van der Waals surface area (Å²) in [6.07, 6.45) is 6.55. The smallest absolute Gasteiger partial charge is 0.191 e. The van der Waals surface area contributed by atoms with E-state index in [1.807, 2.05) is 18.2 Å². The number of aryl methyl sites for hydroxylation is 1. The van der Waals surface area contributed by atoms with Gasteiger partial charge in [-0.1, -0.05) is 13.0 Å². The minimum atomic E-state index is 0.790. The Labute approximate surface area is 155 Å². The van der Waals surface area contributed by atoms with Crippen LogP contribution in [-0.2, 0) is 13.0 Å². The van der Waals surface area contributed by atoms with E-state index >= 15 is 0 Å². The summed E-state index contributed by atoms with van der Waals surface area (Å²) < 4.78 is 2.07. The van der Waals surface area contributed by atoms with Crippen molar-refractivity contribution in [3.8, 4) is 0 Å². The van der Waals surface area contributed by atoms with Crippen LogP contribution in [0.25, 0.3) is 0 Å². The summed E-state index contributed by atoms with van der Waals surface area (Å²) in [5.41, 5.74) is 0. The number of rotatable bonds is 11. The molecule has 0 unspecified atom stereocenters. The molecule has 0 aromatic carbocycles. The minimum Gasteiger partial charge on any atom is -0.370 e. The van der Waals surface area contributed by atoms with Crippen LogP contribution >= 0.6 is 0 Å². The van der Waals surface area contributed by atoms with Gasteiger partial charge in [-0.15, -0.1) is 10.2 Å². The number of anilines is 1. The van der Waals surface area contributed by atoms with Crippen LogP contribution in [0, 0.1) is 0 Å². The predicted octanol–water partition coefficient (Wildman–Crippen LogP) is 1.68. The number of guanidine groups is 1. The molecule has 0 fully saturated rings. The maximum absolute atomic E-state index is 4.63. The van der Waals surface area contributed by atoms with E-state index < -0.39 is 0 Å². The van der Waals surface area contributed by atoms with Gasteiger partial charge in [-0.05, 0) is 31.9 Å². The fourth-order valence-electron chi connectivity index (χ4n) is 2.49. The lowest BCUT2D eigenvalue weighted by atomic mass is 10.3. The second kappa shape index (κ2) is 11.8. The molecule has 8 nitrogen and oxygen atoms in total. The molecule has 0 saturated heterocycles. The first-order valence-electron chi connectivity index (χ1n) is 9.37. The summed E-state index contributed by atoms with van der Waals surface area (Å²) in [6, 6.07) is 5.88. The molecule has 2 rings (SSSR count). The molecule has 8 heteroatoms. The highest BCUT2D eigenvalue weighted by Gasteiger charge is 2.02. The third kappa shape index (κ3) is 7.08. The first-order chi connectivity index (χ1) is 12.8. The number of aromatic nitrogens is 4. The van der Waals surface area contributed by atoms with Gasteiger partial charge < -0.3 is 20.5 Å². The van der Waals surface area contributed by atoms with Crippen LogP contribution in [0.2, 0.25) is 0 Å². The molecule has 0 amide bonds. The van der Waals surface area contributed by atoms with E-state index in [0.29, 0.717) is 0 Å².